The van der Waals surface area contributed by atoms with E-state index >= 15 is 0 Å². The monoisotopic (exact) mass is 574 g/mol. The van der Waals surface area contributed by atoms with Crippen LogP contribution in [-0.2, 0) is 22.8 Å². The Morgan fingerprint density at radius 3 is 2.72 bits per heavy atom. The number of fused-ring (bicyclic) bond motifs is 1. The number of nitrogens with zero attached hydrogens (tertiary/aromatic N) is 2. The molecule has 0 unspecified atom stereocenters. The molecule has 3 aromatic rings. The minimum Gasteiger partial charge on any atom is -0.422 e. The van der Waals surface area contributed by atoms with Crippen molar-refractivity contribution in [2.75, 3.05) is 44.1 Å². The van der Waals surface area contributed by atoms with Gasteiger partial charge in [0.25, 0.3) is 0 Å². The molecular weight excluding hydrogens is 544 g/mol. The zero-order valence-electron chi connectivity index (χ0n) is 22.0. The Bertz CT molecular complexity index is 1570. The first-order valence-corrected chi connectivity index (χ1v) is 14.6. The molecule has 2 heterocycles. The van der Waals surface area contributed by atoms with Gasteiger partial charge in [0.15, 0.2) is 9.84 Å². The lowest BCUT2D eigenvalue weighted by Crippen LogP contribution is -2.31. The summed E-state index contributed by atoms with van der Waals surface area (Å²) in [7, 11) is -0.109. The molecule has 0 atom stereocenters. The van der Waals surface area contributed by atoms with E-state index in [9.17, 15) is 18.0 Å². The van der Waals surface area contributed by atoms with Crippen molar-refractivity contribution in [1.29, 1.82) is 0 Å². The average molecular weight is 575 g/mol. The maximum Gasteiger partial charge on any atom is 0.414 e. The van der Waals surface area contributed by atoms with Gasteiger partial charge in [0.05, 0.1) is 10.7 Å². The number of sulfone groups is 1. The van der Waals surface area contributed by atoms with E-state index in [1.54, 1.807) is 51.4 Å². The zero-order chi connectivity index (χ0) is 28.2. The van der Waals surface area contributed by atoms with E-state index in [0.29, 0.717) is 39.4 Å². The fraction of sp³-hybridized carbons (Fsp3) is 0.333. The molecule has 2 N–H and O–H groups in total. The van der Waals surface area contributed by atoms with Crippen LogP contribution in [0.3, 0.4) is 0 Å². The van der Waals surface area contributed by atoms with Crippen molar-refractivity contribution in [3.63, 3.8) is 0 Å². The van der Waals surface area contributed by atoms with Crippen LogP contribution in [0.25, 0.3) is 11.0 Å². The molecule has 0 saturated heterocycles. The number of halogens is 1. The molecule has 39 heavy (non-hydrogen) atoms. The van der Waals surface area contributed by atoms with Crippen molar-refractivity contribution in [1.82, 2.24) is 15.1 Å². The Morgan fingerprint density at radius 2 is 2.03 bits per heavy atom. The number of nitrogens with one attached hydrogen (secondary N) is 2. The van der Waals surface area contributed by atoms with Gasteiger partial charge in [0, 0.05) is 75.3 Å². The number of hydrogen-bond donors (Lipinski definition) is 2. The third-order valence-corrected chi connectivity index (χ3v) is 8.25. The van der Waals surface area contributed by atoms with Crippen molar-refractivity contribution < 1.29 is 22.4 Å². The van der Waals surface area contributed by atoms with Crippen molar-refractivity contribution in [2.45, 2.75) is 19.9 Å². The topological polar surface area (TPSA) is 121 Å². The molecule has 4 rings (SSSR count). The summed E-state index contributed by atoms with van der Waals surface area (Å²) >= 11 is 6.67. The standard InChI is InChI=1S/C27H31ClN4O6S/c1-4-39(35,36)17-30-23-7-5-6-18(25(23)28)14-21-22(16-32-12-10-29-11-13-32)20-9-8-19(37-27(34)31(2)3)15-24(20)38-26(21)33/h5-10,12,15,29-30H,4,11,13-14,16-17H2,1-3H3. The third kappa shape index (κ3) is 6.85. The number of carbonyl (C=O) groups is 1. The number of rotatable bonds is 9. The number of hydrogen-bond acceptors (Lipinski definition) is 9. The minimum absolute atomic E-state index is 0.00926. The van der Waals surface area contributed by atoms with Crippen molar-refractivity contribution in [3.8, 4) is 5.75 Å². The molecule has 1 aliphatic rings. The Hall–Kier alpha value is -3.70. The molecule has 2 aromatic carbocycles. The van der Waals surface area contributed by atoms with E-state index in [0.717, 1.165) is 18.7 Å². The van der Waals surface area contributed by atoms with Crippen LogP contribution in [0.4, 0.5) is 10.5 Å². The van der Waals surface area contributed by atoms with Crippen LogP contribution in [0.5, 0.6) is 5.75 Å². The van der Waals surface area contributed by atoms with E-state index in [2.05, 4.69) is 15.5 Å². The van der Waals surface area contributed by atoms with Gasteiger partial charge in [-0.2, -0.15) is 0 Å². The van der Waals surface area contributed by atoms with Crippen LogP contribution in [0, 0.1) is 0 Å². The number of carbonyl (C=O) groups excluding carboxylic acids is 1. The number of benzene rings is 2. The Kier molecular flexibility index (Phi) is 8.71. The summed E-state index contributed by atoms with van der Waals surface area (Å²) in [6, 6.07) is 10.2. The first-order chi connectivity index (χ1) is 18.6. The number of anilines is 1. The lowest BCUT2D eigenvalue weighted by atomic mass is 9.97. The summed E-state index contributed by atoms with van der Waals surface area (Å²) in [5, 5.41) is 7.09. The van der Waals surface area contributed by atoms with Crippen LogP contribution in [0.1, 0.15) is 23.6 Å². The van der Waals surface area contributed by atoms with Crippen LogP contribution in [0.15, 0.2) is 58.0 Å². The van der Waals surface area contributed by atoms with E-state index in [4.69, 9.17) is 20.8 Å². The van der Waals surface area contributed by atoms with Crippen LogP contribution >= 0.6 is 11.6 Å². The van der Waals surface area contributed by atoms with Gasteiger partial charge in [-0.1, -0.05) is 30.7 Å². The lowest BCUT2D eigenvalue weighted by Gasteiger charge is -2.25. The highest BCUT2D eigenvalue weighted by Crippen LogP contribution is 2.31. The molecule has 1 aliphatic heterocycles. The van der Waals surface area contributed by atoms with Crippen molar-refractivity contribution in [2.24, 2.45) is 0 Å². The normalized spacial score (nSPS) is 13.3. The summed E-state index contributed by atoms with van der Waals surface area (Å²) in [6.45, 7) is 3.52. The van der Waals surface area contributed by atoms with Gasteiger partial charge in [-0.25, -0.2) is 18.0 Å². The molecule has 0 spiro atoms. The first kappa shape index (κ1) is 28.3. The van der Waals surface area contributed by atoms with Gasteiger partial charge in [-0.3, -0.25) is 0 Å². The average Bonchev–Trinajstić information content (AvgIpc) is 2.91. The Labute approximate surface area is 232 Å². The summed E-state index contributed by atoms with van der Waals surface area (Å²) in [6.07, 6.45) is 3.41. The van der Waals surface area contributed by atoms with E-state index < -0.39 is 21.6 Å². The van der Waals surface area contributed by atoms with Crippen LogP contribution in [0.2, 0.25) is 5.02 Å². The first-order valence-electron chi connectivity index (χ1n) is 12.4. The van der Waals surface area contributed by atoms with E-state index in [1.165, 1.54) is 11.0 Å². The largest absolute Gasteiger partial charge is 0.422 e. The van der Waals surface area contributed by atoms with Gasteiger partial charge in [0.1, 0.15) is 17.2 Å². The van der Waals surface area contributed by atoms with Gasteiger partial charge in [-0.05, 0) is 29.3 Å². The number of ether oxygens (including phenoxy) is 1. The van der Waals surface area contributed by atoms with E-state index in [-0.39, 0.29) is 23.8 Å². The van der Waals surface area contributed by atoms with Gasteiger partial charge in [-0.15, -0.1) is 0 Å². The molecule has 0 aliphatic carbocycles. The van der Waals surface area contributed by atoms with Crippen LogP contribution in [-0.4, -0.2) is 63.1 Å². The molecule has 0 bridgehead atoms. The maximum absolute atomic E-state index is 13.4. The fourth-order valence-electron chi connectivity index (χ4n) is 4.09. The predicted octanol–water partition coefficient (Wildman–Crippen LogP) is 3.78. The van der Waals surface area contributed by atoms with Gasteiger partial charge >= 0.3 is 11.7 Å². The zero-order valence-corrected chi connectivity index (χ0v) is 23.6. The number of amides is 1. The molecule has 1 amide bonds. The molecule has 0 radical (unpaired) electrons. The molecule has 0 saturated carbocycles. The molecule has 208 valence electrons. The van der Waals surface area contributed by atoms with Crippen molar-refractivity contribution in [3.05, 3.63) is 80.9 Å². The minimum atomic E-state index is -3.26. The lowest BCUT2D eigenvalue weighted by molar-refractivity contribution is 0.172. The Balaban J connectivity index is 1.75. The second-order valence-corrected chi connectivity index (χ2v) is 12.0. The molecular formula is C27H31ClN4O6S. The Morgan fingerprint density at radius 1 is 1.23 bits per heavy atom. The quantitative estimate of drug-likeness (QED) is 0.368. The van der Waals surface area contributed by atoms with E-state index in [1.807, 2.05) is 12.4 Å². The fourth-order valence-corrected chi connectivity index (χ4v) is 4.93. The second kappa shape index (κ2) is 12.0. The van der Waals surface area contributed by atoms with Gasteiger partial charge < -0.3 is 29.6 Å². The molecule has 12 heteroatoms. The highest BCUT2D eigenvalue weighted by molar-refractivity contribution is 7.91. The summed E-state index contributed by atoms with van der Waals surface area (Å²) < 4.78 is 35.0. The summed E-state index contributed by atoms with van der Waals surface area (Å²) in [4.78, 5) is 28.8. The van der Waals surface area contributed by atoms with Crippen LogP contribution < -0.4 is 21.0 Å². The molecule has 10 nitrogen and oxygen atoms in total. The highest BCUT2D eigenvalue weighted by atomic mass is 35.5. The SMILES string of the molecule is CCS(=O)(=O)CNc1cccc(Cc2c(CN3C=CNCC3)c3ccc(OC(=O)N(C)C)cc3oc2=O)c1Cl. The third-order valence-electron chi connectivity index (χ3n) is 6.34. The van der Waals surface area contributed by atoms with Crippen molar-refractivity contribution >= 4 is 44.2 Å². The maximum atomic E-state index is 13.4. The molecule has 1 aromatic heterocycles. The smallest absolute Gasteiger partial charge is 0.414 e. The molecule has 0 fully saturated rings. The predicted molar refractivity (Wildman–Crippen MR) is 152 cm³/mol. The van der Waals surface area contributed by atoms with Gasteiger partial charge in [0.2, 0.25) is 0 Å². The highest BCUT2D eigenvalue weighted by Gasteiger charge is 2.20. The summed E-state index contributed by atoms with van der Waals surface area (Å²) in [5.41, 5.74) is 2.09. The summed E-state index contributed by atoms with van der Waals surface area (Å²) in [5.74, 6) is 0.0236. The second-order valence-electron chi connectivity index (χ2n) is 9.32.